The van der Waals surface area contributed by atoms with E-state index < -0.39 is 0 Å². The van der Waals surface area contributed by atoms with Gasteiger partial charge in [-0.2, -0.15) is 0 Å². The third kappa shape index (κ3) is 6.26. The van der Waals surface area contributed by atoms with E-state index in [-0.39, 0.29) is 30.5 Å². The first-order chi connectivity index (χ1) is 7.92. The first-order valence-corrected chi connectivity index (χ1v) is 6.02. The van der Waals surface area contributed by atoms with E-state index in [1.54, 1.807) is 4.90 Å². The van der Waals surface area contributed by atoms with Gasteiger partial charge in [-0.3, -0.25) is 9.59 Å². The van der Waals surface area contributed by atoms with Crippen LogP contribution in [0, 0.1) is 0 Å². The molecule has 0 aromatic carbocycles. The Hall–Kier alpha value is -1.10. The molecule has 0 spiro atoms. The summed E-state index contributed by atoms with van der Waals surface area (Å²) in [5.41, 5.74) is 0. The van der Waals surface area contributed by atoms with E-state index >= 15 is 0 Å². The topological polar surface area (TPSA) is 58.6 Å². The molecule has 1 atom stereocenters. The van der Waals surface area contributed by atoms with Crippen LogP contribution in [0.25, 0.3) is 0 Å². The van der Waals surface area contributed by atoms with Crippen molar-refractivity contribution in [1.82, 2.24) is 10.2 Å². The van der Waals surface area contributed by atoms with Crippen molar-refractivity contribution in [3.8, 4) is 0 Å². The lowest BCUT2D eigenvalue weighted by atomic mass is 10.2. The molecule has 0 aliphatic heterocycles. The standard InChI is InChI=1S/C12H24N2O3/c1-6-13-10(4)7-11(15)14(9(2)3)8-12(16)17-5/h9-10,13H,6-8H2,1-5H3. The van der Waals surface area contributed by atoms with E-state index in [0.717, 1.165) is 6.54 Å². The molecule has 0 bridgehead atoms. The summed E-state index contributed by atoms with van der Waals surface area (Å²) in [7, 11) is 1.33. The number of esters is 1. The predicted octanol–water partition coefficient (Wildman–Crippen LogP) is 0.785. The lowest BCUT2D eigenvalue weighted by molar-refractivity contribution is -0.148. The maximum absolute atomic E-state index is 12.0. The minimum absolute atomic E-state index is 0.00423. The number of hydrogen-bond donors (Lipinski definition) is 1. The maximum Gasteiger partial charge on any atom is 0.325 e. The lowest BCUT2D eigenvalue weighted by Gasteiger charge is -2.27. The highest BCUT2D eigenvalue weighted by Crippen LogP contribution is 2.04. The summed E-state index contributed by atoms with van der Waals surface area (Å²) in [6.07, 6.45) is 0.392. The number of hydrogen-bond acceptors (Lipinski definition) is 4. The molecule has 17 heavy (non-hydrogen) atoms. The van der Waals surface area contributed by atoms with Gasteiger partial charge in [0.15, 0.2) is 0 Å². The molecule has 1 N–H and O–H groups in total. The Kier molecular flexibility index (Phi) is 7.54. The van der Waals surface area contributed by atoms with Gasteiger partial charge in [0.1, 0.15) is 6.54 Å². The molecule has 0 fully saturated rings. The number of nitrogens with zero attached hydrogens (tertiary/aromatic N) is 1. The largest absolute Gasteiger partial charge is 0.468 e. The summed E-state index contributed by atoms with van der Waals surface area (Å²) < 4.78 is 4.59. The average Bonchev–Trinajstić information content (AvgIpc) is 2.24. The lowest BCUT2D eigenvalue weighted by Crippen LogP contribution is -2.43. The molecule has 0 radical (unpaired) electrons. The van der Waals surface area contributed by atoms with E-state index in [1.807, 2.05) is 27.7 Å². The van der Waals surface area contributed by atoms with Crippen molar-refractivity contribution in [2.24, 2.45) is 0 Å². The molecule has 0 saturated carbocycles. The van der Waals surface area contributed by atoms with E-state index in [4.69, 9.17) is 0 Å². The summed E-state index contributed by atoms with van der Waals surface area (Å²) >= 11 is 0. The number of amides is 1. The van der Waals surface area contributed by atoms with Gasteiger partial charge in [0.05, 0.1) is 7.11 Å². The maximum atomic E-state index is 12.0. The molecule has 0 aliphatic rings. The van der Waals surface area contributed by atoms with Crippen molar-refractivity contribution in [2.45, 2.75) is 46.2 Å². The van der Waals surface area contributed by atoms with Crippen LogP contribution in [0.15, 0.2) is 0 Å². The van der Waals surface area contributed by atoms with Gasteiger partial charge in [-0.15, -0.1) is 0 Å². The van der Waals surface area contributed by atoms with Crippen LogP contribution in [-0.4, -0.2) is 49.1 Å². The summed E-state index contributed by atoms with van der Waals surface area (Å²) in [6.45, 7) is 8.57. The van der Waals surface area contributed by atoms with Crippen molar-refractivity contribution in [3.63, 3.8) is 0 Å². The summed E-state index contributed by atoms with van der Waals surface area (Å²) in [5, 5.41) is 3.17. The van der Waals surface area contributed by atoms with Crippen LogP contribution in [0.3, 0.4) is 0 Å². The molecule has 5 nitrogen and oxygen atoms in total. The zero-order valence-corrected chi connectivity index (χ0v) is 11.4. The van der Waals surface area contributed by atoms with Gasteiger partial charge in [-0.1, -0.05) is 6.92 Å². The minimum atomic E-state index is -0.386. The fraction of sp³-hybridized carbons (Fsp3) is 0.833. The molecule has 0 rings (SSSR count). The fourth-order valence-electron chi connectivity index (χ4n) is 1.56. The monoisotopic (exact) mass is 244 g/mol. The summed E-state index contributed by atoms with van der Waals surface area (Å²) in [6, 6.07) is 0.113. The molecule has 100 valence electrons. The second kappa shape index (κ2) is 8.06. The van der Waals surface area contributed by atoms with Crippen LogP contribution in [0.2, 0.25) is 0 Å². The Morgan fingerprint density at radius 1 is 1.29 bits per heavy atom. The van der Waals surface area contributed by atoms with Crippen LogP contribution < -0.4 is 5.32 Å². The highest BCUT2D eigenvalue weighted by atomic mass is 16.5. The highest BCUT2D eigenvalue weighted by Gasteiger charge is 2.21. The first kappa shape index (κ1) is 15.9. The molecule has 0 aliphatic carbocycles. The van der Waals surface area contributed by atoms with E-state index in [0.29, 0.717) is 6.42 Å². The zero-order valence-electron chi connectivity index (χ0n) is 11.4. The minimum Gasteiger partial charge on any atom is -0.468 e. The number of carbonyl (C=O) groups is 2. The molecular weight excluding hydrogens is 220 g/mol. The van der Waals surface area contributed by atoms with Crippen molar-refractivity contribution in [1.29, 1.82) is 0 Å². The molecule has 0 saturated heterocycles. The molecule has 0 aromatic rings. The van der Waals surface area contributed by atoms with Gasteiger partial charge < -0.3 is 15.0 Å². The second-order valence-electron chi connectivity index (χ2n) is 4.35. The molecule has 0 aromatic heterocycles. The third-order valence-electron chi connectivity index (χ3n) is 2.50. The van der Waals surface area contributed by atoms with Crippen LogP contribution in [0.1, 0.15) is 34.1 Å². The Labute approximate surface area is 103 Å². The van der Waals surface area contributed by atoms with Crippen molar-refractivity contribution in [2.75, 3.05) is 20.2 Å². The van der Waals surface area contributed by atoms with Crippen LogP contribution in [-0.2, 0) is 14.3 Å². The van der Waals surface area contributed by atoms with Crippen LogP contribution in [0.5, 0.6) is 0 Å². The molecule has 1 unspecified atom stereocenters. The van der Waals surface area contributed by atoms with Gasteiger partial charge in [0.2, 0.25) is 5.91 Å². The molecule has 1 amide bonds. The van der Waals surface area contributed by atoms with E-state index in [1.165, 1.54) is 7.11 Å². The van der Waals surface area contributed by atoms with Crippen molar-refractivity contribution in [3.05, 3.63) is 0 Å². The average molecular weight is 244 g/mol. The highest BCUT2D eigenvalue weighted by molar-refractivity contribution is 5.82. The predicted molar refractivity (Wildman–Crippen MR) is 66.6 cm³/mol. The number of methoxy groups -OCH3 is 1. The Balaban J connectivity index is 4.39. The van der Waals surface area contributed by atoms with Crippen LogP contribution in [0.4, 0.5) is 0 Å². The van der Waals surface area contributed by atoms with Gasteiger partial charge in [-0.25, -0.2) is 0 Å². The molecule has 0 heterocycles. The van der Waals surface area contributed by atoms with Crippen molar-refractivity contribution < 1.29 is 14.3 Å². The van der Waals surface area contributed by atoms with Gasteiger partial charge in [0.25, 0.3) is 0 Å². The first-order valence-electron chi connectivity index (χ1n) is 6.02. The number of rotatable bonds is 7. The van der Waals surface area contributed by atoms with Gasteiger partial charge >= 0.3 is 5.97 Å². The Morgan fingerprint density at radius 3 is 2.29 bits per heavy atom. The van der Waals surface area contributed by atoms with Gasteiger partial charge in [-0.05, 0) is 27.3 Å². The molecular formula is C12H24N2O3. The number of ether oxygens (including phenoxy) is 1. The summed E-state index contributed by atoms with van der Waals surface area (Å²) in [5.74, 6) is -0.415. The van der Waals surface area contributed by atoms with Gasteiger partial charge in [0, 0.05) is 18.5 Å². The SMILES string of the molecule is CCNC(C)CC(=O)N(CC(=O)OC)C(C)C. The zero-order chi connectivity index (χ0) is 13.4. The van der Waals surface area contributed by atoms with Crippen molar-refractivity contribution >= 4 is 11.9 Å². The van der Waals surface area contributed by atoms with E-state index in [2.05, 4.69) is 10.1 Å². The number of carbonyl (C=O) groups excluding carboxylic acids is 2. The normalized spacial score (nSPS) is 12.4. The molecule has 5 heteroatoms. The second-order valence-corrected chi connectivity index (χ2v) is 4.35. The fourth-order valence-corrected chi connectivity index (χ4v) is 1.56. The smallest absolute Gasteiger partial charge is 0.325 e. The number of nitrogens with one attached hydrogen (secondary N) is 1. The Morgan fingerprint density at radius 2 is 1.88 bits per heavy atom. The quantitative estimate of drug-likeness (QED) is 0.673. The van der Waals surface area contributed by atoms with Crippen LogP contribution >= 0.6 is 0 Å². The van der Waals surface area contributed by atoms with E-state index in [9.17, 15) is 9.59 Å². The Bertz CT molecular complexity index is 254. The third-order valence-corrected chi connectivity index (χ3v) is 2.50. The summed E-state index contributed by atoms with van der Waals surface area (Å²) in [4.78, 5) is 24.8.